The van der Waals surface area contributed by atoms with E-state index in [0.717, 1.165) is 25.8 Å². The van der Waals surface area contributed by atoms with Gasteiger partial charge in [-0.25, -0.2) is 0 Å². The Bertz CT molecular complexity index is 381. The molecule has 0 radical (unpaired) electrons. The molecule has 3 nitrogen and oxygen atoms in total. The second-order valence-electron chi connectivity index (χ2n) is 5.54. The highest BCUT2D eigenvalue weighted by atomic mass is 16.3. The van der Waals surface area contributed by atoms with Crippen molar-refractivity contribution in [2.45, 2.75) is 43.7 Å². The van der Waals surface area contributed by atoms with Crippen LogP contribution in [0.2, 0.25) is 0 Å². The van der Waals surface area contributed by atoms with Gasteiger partial charge >= 0.3 is 0 Å². The molecule has 0 aliphatic carbocycles. The second kappa shape index (κ2) is 4.39. The van der Waals surface area contributed by atoms with Crippen molar-refractivity contribution in [1.29, 1.82) is 0 Å². The molecule has 0 spiro atoms. The third-order valence-electron chi connectivity index (χ3n) is 4.26. The van der Waals surface area contributed by atoms with E-state index in [0.29, 0.717) is 6.04 Å². The summed E-state index contributed by atoms with van der Waals surface area (Å²) in [5.41, 5.74) is 0.710. The maximum absolute atomic E-state index is 10.7. The van der Waals surface area contributed by atoms with Crippen LogP contribution in [0.3, 0.4) is 0 Å². The molecule has 3 heteroatoms. The van der Waals surface area contributed by atoms with Crippen LogP contribution >= 0.6 is 0 Å². The summed E-state index contributed by atoms with van der Waals surface area (Å²) in [6.07, 6.45) is 8.81. The first-order valence-electron chi connectivity index (χ1n) is 6.61. The Morgan fingerprint density at radius 2 is 2.18 bits per heavy atom. The molecule has 1 N–H and O–H groups in total. The summed E-state index contributed by atoms with van der Waals surface area (Å²) in [7, 11) is 0. The van der Waals surface area contributed by atoms with E-state index in [1.54, 1.807) is 0 Å². The van der Waals surface area contributed by atoms with Gasteiger partial charge in [-0.1, -0.05) is 0 Å². The van der Waals surface area contributed by atoms with E-state index in [4.69, 9.17) is 0 Å². The molecule has 3 heterocycles. The molecule has 0 amide bonds. The monoisotopic (exact) mass is 232 g/mol. The van der Waals surface area contributed by atoms with Crippen molar-refractivity contribution in [3.63, 3.8) is 0 Å². The lowest BCUT2D eigenvalue weighted by atomic mass is 9.82. The number of pyridine rings is 1. The Balaban J connectivity index is 1.70. The van der Waals surface area contributed by atoms with Crippen LogP contribution in [-0.2, 0) is 6.42 Å². The van der Waals surface area contributed by atoms with Gasteiger partial charge in [0.05, 0.1) is 5.60 Å². The van der Waals surface area contributed by atoms with E-state index in [1.165, 1.54) is 24.9 Å². The molecule has 2 aliphatic heterocycles. The number of rotatable bonds is 2. The van der Waals surface area contributed by atoms with Crippen LogP contribution < -0.4 is 0 Å². The smallest absolute Gasteiger partial charge is 0.0715 e. The van der Waals surface area contributed by atoms with Gasteiger partial charge in [0.25, 0.3) is 0 Å². The fourth-order valence-corrected chi connectivity index (χ4v) is 3.35. The van der Waals surface area contributed by atoms with Gasteiger partial charge in [0.15, 0.2) is 0 Å². The molecule has 2 fully saturated rings. The highest BCUT2D eigenvalue weighted by Gasteiger charge is 2.39. The predicted molar refractivity (Wildman–Crippen MR) is 66.7 cm³/mol. The zero-order valence-corrected chi connectivity index (χ0v) is 10.2. The molecular formula is C14H20N2O. The van der Waals surface area contributed by atoms with E-state index < -0.39 is 5.60 Å². The number of aromatic nitrogens is 1. The summed E-state index contributed by atoms with van der Waals surface area (Å²) in [4.78, 5) is 6.57. The number of fused-ring (bicyclic) bond motifs is 1. The van der Waals surface area contributed by atoms with Crippen molar-refractivity contribution in [3.8, 4) is 0 Å². The van der Waals surface area contributed by atoms with Gasteiger partial charge < -0.3 is 10.0 Å². The number of piperidine rings is 1. The normalized spacial score (nSPS) is 33.6. The SMILES string of the molecule is OC1(Cc2ccncc2)CCN2CCCC2C1. The first kappa shape index (κ1) is 11.2. The number of hydrogen-bond acceptors (Lipinski definition) is 3. The van der Waals surface area contributed by atoms with Crippen LogP contribution in [0.5, 0.6) is 0 Å². The molecule has 2 saturated heterocycles. The van der Waals surface area contributed by atoms with Gasteiger partial charge in [0, 0.05) is 31.4 Å². The maximum atomic E-state index is 10.7. The summed E-state index contributed by atoms with van der Waals surface area (Å²) in [6.45, 7) is 2.29. The van der Waals surface area contributed by atoms with E-state index >= 15 is 0 Å². The van der Waals surface area contributed by atoms with E-state index in [1.807, 2.05) is 24.5 Å². The third kappa shape index (κ3) is 2.35. The van der Waals surface area contributed by atoms with Crippen LogP contribution in [0.15, 0.2) is 24.5 Å². The fourth-order valence-electron chi connectivity index (χ4n) is 3.35. The summed E-state index contributed by atoms with van der Waals surface area (Å²) in [6, 6.07) is 4.65. The predicted octanol–water partition coefficient (Wildman–Crippen LogP) is 1.61. The largest absolute Gasteiger partial charge is 0.389 e. The summed E-state index contributed by atoms with van der Waals surface area (Å²) in [5, 5.41) is 10.7. The molecule has 0 bridgehead atoms. The molecule has 2 aliphatic rings. The molecule has 1 aromatic rings. The van der Waals surface area contributed by atoms with Gasteiger partial charge in [0.1, 0.15) is 0 Å². The molecule has 92 valence electrons. The van der Waals surface area contributed by atoms with Crippen molar-refractivity contribution in [2.75, 3.05) is 13.1 Å². The topological polar surface area (TPSA) is 36.4 Å². The number of nitrogens with zero attached hydrogens (tertiary/aromatic N) is 2. The van der Waals surface area contributed by atoms with Crippen LogP contribution in [-0.4, -0.2) is 39.7 Å². The van der Waals surface area contributed by atoms with Gasteiger partial charge in [-0.15, -0.1) is 0 Å². The Morgan fingerprint density at radius 1 is 1.35 bits per heavy atom. The van der Waals surface area contributed by atoms with Crippen LogP contribution in [0, 0.1) is 0 Å². The average Bonchev–Trinajstić information content (AvgIpc) is 2.76. The van der Waals surface area contributed by atoms with Crippen molar-refractivity contribution < 1.29 is 5.11 Å². The van der Waals surface area contributed by atoms with Gasteiger partial charge in [-0.3, -0.25) is 4.98 Å². The lowest BCUT2D eigenvalue weighted by Crippen LogP contribution is -2.48. The Labute approximate surface area is 102 Å². The van der Waals surface area contributed by atoms with E-state index in [9.17, 15) is 5.11 Å². The standard InChI is InChI=1S/C14H20N2O/c17-14(10-12-3-6-15-7-4-12)5-9-16-8-1-2-13(16)11-14/h3-4,6-7,13,17H,1-2,5,8-11H2. The molecule has 3 rings (SSSR count). The quantitative estimate of drug-likeness (QED) is 0.841. The summed E-state index contributed by atoms with van der Waals surface area (Å²) < 4.78 is 0. The lowest BCUT2D eigenvalue weighted by molar-refractivity contribution is -0.0354. The minimum atomic E-state index is -0.493. The third-order valence-corrected chi connectivity index (χ3v) is 4.26. The molecule has 2 unspecified atom stereocenters. The summed E-state index contributed by atoms with van der Waals surface area (Å²) >= 11 is 0. The lowest BCUT2D eigenvalue weighted by Gasteiger charge is -2.41. The Hall–Kier alpha value is -0.930. The molecule has 0 aromatic carbocycles. The second-order valence-corrected chi connectivity index (χ2v) is 5.54. The minimum absolute atomic E-state index is 0.493. The van der Waals surface area contributed by atoms with Gasteiger partial charge in [-0.2, -0.15) is 0 Å². The van der Waals surface area contributed by atoms with Crippen molar-refractivity contribution >= 4 is 0 Å². The summed E-state index contributed by atoms with van der Waals surface area (Å²) in [5.74, 6) is 0. The van der Waals surface area contributed by atoms with E-state index in [2.05, 4.69) is 9.88 Å². The molecular weight excluding hydrogens is 212 g/mol. The zero-order chi connectivity index (χ0) is 11.7. The first-order valence-corrected chi connectivity index (χ1v) is 6.61. The first-order chi connectivity index (χ1) is 8.25. The van der Waals surface area contributed by atoms with Crippen LogP contribution in [0.1, 0.15) is 31.2 Å². The van der Waals surface area contributed by atoms with Crippen LogP contribution in [0.4, 0.5) is 0 Å². The van der Waals surface area contributed by atoms with Crippen molar-refractivity contribution in [3.05, 3.63) is 30.1 Å². The molecule has 0 saturated carbocycles. The van der Waals surface area contributed by atoms with Crippen molar-refractivity contribution in [1.82, 2.24) is 9.88 Å². The minimum Gasteiger partial charge on any atom is -0.389 e. The van der Waals surface area contributed by atoms with E-state index in [-0.39, 0.29) is 0 Å². The highest BCUT2D eigenvalue weighted by molar-refractivity contribution is 5.14. The molecule has 2 atom stereocenters. The van der Waals surface area contributed by atoms with Crippen LogP contribution in [0.25, 0.3) is 0 Å². The van der Waals surface area contributed by atoms with Gasteiger partial charge in [0.2, 0.25) is 0 Å². The fraction of sp³-hybridized carbons (Fsp3) is 0.643. The van der Waals surface area contributed by atoms with Gasteiger partial charge in [-0.05, 0) is 49.9 Å². The zero-order valence-electron chi connectivity index (χ0n) is 10.2. The van der Waals surface area contributed by atoms with Crippen molar-refractivity contribution in [2.24, 2.45) is 0 Å². The molecule has 17 heavy (non-hydrogen) atoms. The maximum Gasteiger partial charge on any atom is 0.0715 e. The highest BCUT2D eigenvalue weighted by Crippen LogP contribution is 2.34. The number of aliphatic hydroxyl groups is 1. The molecule has 1 aromatic heterocycles. The number of hydrogen-bond donors (Lipinski definition) is 1. The Morgan fingerprint density at radius 3 is 3.00 bits per heavy atom. The Kier molecular flexibility index (Phi) is 2.89. The average molecular weight is 232 g/mol.